The highest BCUT2D eigenvalue weighted by molar-refractivity contribution is 5.74. The number of hydrogen-bond donors (Lipinski definition) is 3. The van der Waals surface area contributed by atoms with Crippen LogP contribution in [-0.2, 0) is 20.7 Å². The SMILES string of the molecule is CCC(CC)O[C@@H]1C=C(c2cc(Cc3cccnc3)on2)C[C@H](N)[C@H]1NC(C)=O.O=C(O)C(F)(F)F. The Morgan fingerprint density at radius 3 is 2.53 bits per heavy atom. The quantitative estimate of drug-likeness (QED) is 0.488. The number of pyridine rings is 1. The molecular formula is C24H31F3N4O5. The number of nitrogens with one attached hydrogen (secondary N) is 1. The third-order valence-electron chi connectivity index (χ3n) is 5.50. The summed E-state index contributed by atoms with van der Waals surface area (Å²) in [6, 6.07) is 5.31. The topological polar surface area (TPSA) is 141 Å². The zero-order chi connectivity index (χ0) is 26.9. The average Bonchev–Trinajstić information content (AvgIpc) is 3.28. The van der Waals surface area contributed by atoms with E-state index < -0.39 is 12.1 Å². The Morgan fingerprint density at radius 2 is 2.00 bits per heavy atom. The van der Waals surface area contributed by atoms with Gasteiger partial charge in [0.05, 0.1) is 18.2 Å². The van der Waals surface area contributed by atoms with Crippen LogP contribution in [-0.4, -0.2) is 57.6 Å². The molecule has 1 amide bonds. The number of nitrogens with zero attached hydrogens (tertiary/aromatic N) is 2. The second-order valence-electron chi connectivity index (χ2n) is 8.34. The summed E-state index contributed by atoms with van der Waals surface area (Å²) in [7, 11) is 0. The van der Waals surface area contributed by atoms with Crippen molar-refractivity contribution < 1.29 is 37.1 Å². The number of hydrogen-bond acceptors (Lipinski definition) is 7. The Hall–Kier alpha value is -3.25. The first-order valence-corrected chi connectivity index (χ1v) is 11.5. The molecule has 2 aromatic rings. The minimum atomic E-state index is -5.08. The van der Waals surface area contributed by atoms with Gasteiger partial charge >= 0.3 is 12.1 Å². The summed E-state index contributed by atoms with van der Waals surface area (Å²) >= 11 is 0. The standard InChI is InChI=1S/C22H30N4O3.C2HF3O2/c1-4-17(5-2)28-21-11-16(10-19(23)22(21)25-14(3)27)20-12-18(29-26-20)9-15-7-6-8-24-13-15;3-2(4,5)1(6)7/h6-8,11-13,17,19,21-22H,4-5,9-10,23H2,1-3H3,(H,25,27);(H,6,7)/t19-,21+,22+;/m0./s1. The molecule has 0 radical (unpaired) electrons. The maximum Gasteiger partial charge on any atom is 0.490 e. The van der Waals surface area contributed by atoms with Crippen molar-refractivity contribution in [2.75, 3.05) is 0 Å². The molecule has 2 aromatic heterocycles. The van der Waals surface area contributed by atoms with E-state index in [-0.39, 0.29) is 30.2 Å². The first kappa shape index (κ1) is 29.0. The zero-order valence-electron chi connectivity index (χ0n) is 20.3. The molecule has 0 bridgehead atoms. The van der Waals surface area contributed by atoms with Crippen molar-refractivity contribution in [3.8, 4) is 0 Å². The van der Waals surface area contributed by atoms with E-state index in [2.05, 4.69) is 29.3 Å². The first-order chi connectivity index (χ1) is 16.9. The largest absolute Gasteiger partial charge is 0.490 e. The van der Waals surface area contributed by atoms with Crippen LogP contribution in [0.15, 0.2) is 41.2 Å². The summed E-state index contributed by atoms with van der Waals surface area (Å²) in [4.78, 5) is 24.7. The molecule has 12 heteroatoms. The summed E-state index contributed by atoms with van der Waals surface area (Å²) in [5.41, 5.74) is 9.24. The van der Waals surface area contributed by atoms with Gasteiger partial charge in [-0.05, 0) is 42.5 Å². The van der Waals surface area contributed by atoms with Gasteiger partial charge in [-0.1, -0.05) is 25.1 Å². The van der Waals surface area contributed by atoms with E-state index >= 15 is 0 Å². The number of carbonyl (C=O) groups excluding carboxylic acids is 1. The number of carboxylic acid groups (broad SMARTS) is 1. The van der Waals surface area contributed by atoms with Crippen molar-refractivity contribution >= 4 is 17.4 Å². The molecule has 3 atom stereocenters. The molecule has 0 aliphatic heterocycles. The van der Waals surface area contributed by atoms with E-state index in [1.807, 2.05) is 30.5 Å². The Labute approximate surface area is 206 Å². The maximum atomic E-state index is 11.7. The van der Waals surface area contributed by atoms with E-state index in [1.54, 1.807) is 6.20 Å². The lowest BCUT2D eigenvalue weighted by atomic mass is 9.86. The van der Waals surface area contributed by atoms with E-state index in [1.165, 1.54) is 6.92 Å². The van der Waals surface area contributed by atoms with Gasteiger partial charge in [-0.2, -0.15) is 13.2 Å². The molecule has 0 unspecified atom stereocenters. The molecule has 0 saturated heterocycles. The smallest absolute Gasteiger partial charge is 0.475 e. The summed E-state index contributed by atoms with van der Waals surface area (Å²) in [6.45, 7) is 5.69. The average molecular weight is 513 g/mol. The third-order valence-corrected chi connectivity index (χ3v) is 5.50. The van der Waals surface area contributed by atoms with Crippen LogP contribution in [0.3, 0.4) is 0 Å². The van der Waals surface area contributed by atoms with Crippen LogP contribution in [0, 0.1) is 0 Å². The van der Waals surface area contributed by atoms with E-state index in [0.29, 0.717) is 12.8 Å². The van der Waals surface area contributed by atoms with Crippen molar-refractivity contribution in [1.82, 2.24) is 15.5 Å². The van der Waals surface area contributed by atoms with Gasteiger partial charge in [0.25, 0.3) is 0 Å². The van der Waals surface area contributed by atoms with Gasteiger partial charge in [0, 0.05) is 37.8 Å². The lowest BCUT2D eigenvalue weighted by molar-refractivity contribution is -0.192. The van der Waals surface area contributed by atoms with Crippen molar-refractivity contribution in [3.63, 3.8) is 0 Å². The highest BCUT2D eigenvalue weighted by Gasteiger charge is 2.38. The highest BCUT2D eigenvalue weighted by Crippen LogP contribution is 2.29. The van der Waals surface area contributed by atoms with Crippen LogP contribution in [0.4, 0.5) is 13.2 Å². The lowest BCUT2D eigenvalue weighted by Crippen LogP contribution is -2.56. The van der Waals surface area contributed by atoms with Crippen LogP contribution < -0.4 is 11.1 Å². The number of alkyl halides is 3. The summed E-state index contributed by atoms with van der Waals surface area (Å²) in [5, 5.41) is 14.3. The zero-order valence-corrected chi connectivity index (χ0v) is 20.3. The van der Waals surface area contributed by atoms with Gasteiger partial charge in [0.1, 0.15) is 11.5 Å². The van der Waals surface area contributed by atoms with Crippen molar-refractivity contribution in [3.05, 3.63) is 53.7 Å². The molecule has 4 N–H and O–H groups in total. The number of aromatic nitrogens is 2. The summed E-state index contributed by atoms with van der Waals surface area (Å²) < 4.78 is 43.6. The number of carboxylic acids is 1. The fourth-order valence-corrected chi connectivity index (χ4v) is 3.69. The second kappa shape index (κ2) is 13.2. The molecule has 2 heterocycles. The molecule has 9 nitrogen and oxygen atoms in total. The molecule has 36 heavy (non-hydrogen) atoms. The Balaban J connectivity index is 0.000000572. The van der Waals surface area contributed by atoms with Crippen LogP contribution >= 0.6 is 0 Å². The molecule has 0 fully saturated rings. The van der Waals surface area contributed by atoms with Gasteiger partial charge < -0.3 is 25.4 Å². The van der Waals surface area contributed by atoms with Crippen LogP contribution in [0.25, 0.3) is 5.57 Å². The summed E-state index contributed by atoms with van der Waals surface area (Å²) in [5.74, 6) is -2.10. The predicted molar refractivity (Wildman–Crippen MR) is 125 cm³/mol. The number of halogens is 3. The number of aliphatic carboxylic acids is 1. The molecule has 198 valence electrons. The summed E-state index contributed by atoms with van der Waals surface area (Å²) in [6.07, 6.45) is 3.33. The molecular weight excluding hydrogens is 481 g/mol. The van der Waals surface area contributed by atoms with Gasteiger partial charge in [-0.25, -0.2) is 4.79 Å². The minimum Gasteiger partial charge on any atom is -0.475 e. The number of rotatable bonds is 8. The normalized spacial score (nSPS) is 19.8. The number of carbonyl (C=O) groups is 2. The van der Waals surface area contributed by atoms with E-state index in [9.17, 15) is 18.0 Å². The molecule has 1 aliphatic carbocycles. The van der Waals surface area contributed by atoms with Gasteiger partial charge in [0.15, 0.2) is 0 Å². The fourth-order valence-electron chi connectivity index (χ4n) is 3.69. The van der Waals surface area contributed by atoms with E-state index in [0.717, 1.165) is 35.4 Å². The van der Waals surface area contributed by atoms with Crippen molar-refractivity contribution in [2.24, 2.45) is 5.73 Å². The van der Waals surface area contributed by atoms with Crippen LogP contribution in [0.5, 0.6) is 0 Å². The number of amides is 1. The molecule has 1 aliphatic rings. The molecule has 0 saturated carbocycles. The maximum absolute atomic E-state index is 11.7. The van der Waals surface area contributed by atoms with Gasteiger partial charge in [-0.15, -0.1) is 0 Å². The number of nitrogens with two attached hydrogens (primary N) is 1. The first-order valence-electron chi connectivity index (χ1n) is 11.5. The van der Waals surface area contributed by atoms with E-state index in [4.69, 9.17) is 24.9 Å². The third kappa shape index (κ3) is 8.76. The Kier molecular flexibility index (Phi) is 10.6. The monoisotopic (exact) mass is 512 g/mol. The van der Waals surface area contributed by atoms with Gasteiger partial charge in [0.2, 0.25) is 5.91 Å². The van der Waals surface area contributed by atoms with Crippen molar-refractivity contribution in [1.29, 1.82) is 0 Å². The molecule has 3 rings (SSSR count). The van der Waals surface area contributed by atoms with Crippen LogP contribution in [0.1, 0.15) is 57.1 Å². The predicted octanol–water partition coefficient (Wildman–Crippen LogP) is 3.49. The highest BCUT2D eigenvalue weighted by atomic mass is 19.4. The Bertz CT molecular complexity index is 1020. The Morgan fingerprint density at radius 1 is 1.33 bits per heavy atom. The van der Waals surface area contributed by atoms with Crippen molar-refractivity contribution in [2.45, 2.75) is 76.9 Å². The second-order valence-corrected chi connectivity index (χ2v) is 8.34. The van der Waals surface area contributed by atoms with Crippen LogP contribution in [0.2, 0.25) is 0 Å². The fraction of sp³-hybridized carbons (Fsp3) is 0.500. The minimum absolute atomic E-state index is 0.109. The molecule has 0 spiro atoms. The molecule has 0 aromatic carbocycles. The lowest BCUT2D eigenvalue weighted by Gasteiger charge is -2.36. The number of ether oxygens (including phenoxy) is 1. The van der Waals surface area contributed by atoms with Gasteiger partial charge in [-0.3, -0.25) is 9.78 Å².